The van der Waals surface area contributed by atoms with E-state index in [4.69, 9.17) is 0 Å². The van der Waals surface area contributed by atoms with Crippen LogP contribution in [0.25, 0.3) is 0 Å². The highest BCUT2D eigenvalue weighted by Crippen LogP contribution is 2.36. The Labute approximate surface area is 88.9 Å². The lowest BCUT2D eigenvalue weighted by Gasteiger charge is -2.39. The lowest BCUT2D eigenvalue weighted by atomic mass is 9.97. The van der Waals surface area contributed by atoms with E-state index < -0.39 is 0 Å². The highest BCUT2D eigenvalue weighted by atomic mass is 15.2. The van der Waals surface area contributed by atoms with E-state index in [-0.39, 0.29) is 0 Å². The summed E-state index contributed by atoms with van der Waals surface area (Å²) in [5.74, 6) is 0. The number of fused-ring (bicyclic) bond motifs is 1. The molecule has 0 bridgehead atoms. The largest absolute Gasteiger partial charge is 0.295 e. The van der Waals surface area contributed by atoms with Crippen LogP contribution in [0.2, 0.25) is 0 Å². The maximum Gasteiger partial charge on any atom is 0.0102 e. The van der Waals surface area contributed by atoms with Gasteiger partial charge in [0.05, 0.1) is 0 Å². The van der Waals surface area contributed by atoms with Crippen molar-refractivity contribution in [1.29, 1.82) is 0 Å². The number of hydrogen-bond donors (Lipinski definition) is 0. The van der Waals surface area contributed by atoms with Crippen molar-refractivity contribution in [2.75, 3.05) is 0 Å². The molecule has 0 amide bonds. The van der Waals surface area contributed by atoms with Crippen molar-refractivity contribution >= 4 is 0 Å². The van der Waals surface area contributed by atoms with Crippen LogP contribution in [0.15, 0.2) is 0 Å². The molecule has 0 N–H and O–H groups in total. The smallest absolute Gasteiger partial charge is 0.0102 e. The lowest BCUT2D eigenvalue weighted by molar-refractivity contribution is 0.0875. The quantitative estimate of drug-likeness (QED) is 0.665. The standard InChI is InChI=1S/C13H25N/c1-3-4-7-12-9-10-13-8-5-6-11(2)14(12)13/h11-13H,3-10H2,1-2H3/t11-,12-,13+/m0/s1. The van der Waals surface area contributed by atoms with Gasteiger partial charge in [0, 0.05) is 18.1 Å². The van der Waals surface area contributed by atoms with Crippen LogP contribution in [0.5, 0.6) is 0 Å². The van der Waals surface area contributed by atoms with Crippen molar-refractivity contribution in [2.24, 2.45) is 0 Å². The summed E-state index contributed by atoms with van der Waals surface area (Å²) < 4.78 is 0. The third-order valence-electron chi connectivity index (χ3n) is 4.24. The fourth-order valence-electron chi connectivity index (χ4n) is 3.53. The predicted octanol–water partition coefficient (Wildman–Crippen LogP) is 3.58. The number of unbranched alkanes of at least 4 members (excludes halogenated alkanes) is 1. The summed E-state index contributed by atoms with van der Waals surface area (Å²) in [6, 6.07) is 2.77. The van der Waals surface area contributed by atoms with Gasteiger partial charge in [0.15, 0.2) is 0 Å². The van der Waals surface area contributed by atoms with Gasteiger partial charge < -0.3 is 0 Å². The van der Waals surface area contributed by atoms with Crippen LogP contribution in [-0.4, -0.2) is 23.0 Å². The molecule has 0 aromatic heterocycles. The second kappa shape index (κ2) is 4.65. The molecule has 0 unspecified atom stereocenters. The first-order chi connectivity index (χ1) is 6.83. The van der Waals surface area contributed by atoms with E-state index in [2.05, 4.69) is 18.7 Å². The van der Waals surface area contributed by atoms with Crippen LogP contribution in [0.1, 0.15) is 65.2 Å². The van der Waals surface area contributed by atoms with Crippen molar-refractivity contribution in [2.45, 2.75) is 83.3 Å². The van der Waals surface area contributed by atoms with E-state index in [0.29, 0.717) is 0 Å². The molecule has 0 aromatic rings. The Morgan fingerprint density at radius 2 is 2.00 bits per heavy atom. The van der Waals surface area contributed by atoms with Crippen molar-refractivity contribution in [3.05, 3.63) is 0 Å². The zero-order valence-electron chi connectivity index (χ0n) is 9.84. The molecular weight excluding hydrogens is 170 g/mol. The van der Waals surface area contributed by atoms with Gasteiger partial charge in [0.1, 0.15) is 0 Å². The number of rotatable bonds is 3. The summed E-state index contributed by atoms with van der Waals surface area (Å²) in [4.78, 5) is 2.86. The first-order valence-corrected chi connectivity index (χ1v) is 6.60. The second-order valence-corrected chi connectivity index (χ2v) is 5.25. The normalized spacial score (nSPS) is 38.6. The molecule has 0 spiro atoms. The summed E-state index contributed by atoms with van der Waals surface area (Å²) in [5.41, 5.74) is 0. The van der Waals surface area contributed by atoms with Gasteiger partial charge in [-0.2, -0.15) is 0 Å². The Kier molecular flexibility index (Phi) is 3.48. The highest BCUT2D eigenvalue weighted by molar-refractivity contribution is 4.93. The summed E-state index contributed by atoms with van der Waals surface area (Å²) >= 11 is 0. The van der Waals surface area contributed by atoms with Crippen molar-refractivity contribution in [3.63, 3.8) is 0 Å². The van der Waals surface area contributed by atoms with Gasteiger partial charge in [-0.3, -0.25) is 4.90 Å². The van der Waals surface area contributed by atoms with Crippen LogP contribution in [-0.2, 0) is 0 Å². The monoisotopic (exact) mass is 195 g/mol. The van der Waals surface area contributed by atoms with E-state index in [9.17, 15) is 0 Å². The molecule has 1 heteroatoms. The van der Waals surface area contributed by atoms with Gasteiger partial charge in [-0.25, -0.2) is 0 Å². The van der Waals surface area contributed by atoms with Crippen LogP contribution in [0.4, 0.5) is 0 Å². The van der Waals surface area contributed by atoms with Crippen LogP contribution < -0.4 is 0 Å². The molecule has 2 aliphatic heterocycles. The summed E-state index contributed by atoms with van der Waals surface area (Å²) in [6.45, 7) is 4.75. The third-order valence-corrected chi connectivity index (χ3v) is 4.24. The van der Waals surface area contributed by atoms with Crippen molar-refractivity contribution in [3.8, 4) is 0 Å². The topological polar surface area (TPSA) is 3.24 Å². The molecule has 0 saturated carbocycles. The van der Waals surface area contributed by atoms with E-state index in [1.807, 2.05) is 0 Å². The maximum absolute atomic E-state index is 2.86. The SMILES string of the molecule is CCCC[C@H]1CC[C@H]2CCC[C@H](C)N21. The Bertz CT molecular complexity index is 178. The Morgan fingerprint density at radius 1 is 1.14 bits per heavy atom. The van der Waals surface area contributed by atoms with Gasteiger partial charge in [0.25, 0.3) is 0 Å². The number of hydrogen-bond acceptors (Lipinski definition) is 1. The van der Waals surface area contributed by atoms with Crippen molar-refractivity contribution < 1.29 is 0 Å². The van der Waals surface area contributed by atoms with Crippen molar-refractivity contribution in [1.82, 2.24) is 4.90 Å². The van der Waals surface area contributed by atoms with E-state index in [0.717, 1.165) is 18.1 Å². The minimum atomic E-state index is 0.873. The molecule has 2 saturated heterocycles. The van der Waals surface area contributed by atoms with E-state index >= 15 is 0 Å². The minimum Gasteiger partial charge on any atom is -0.295 e. The summed E-state index contributed by atoms with van der Waals surface area (Å²) in [6.07, 6.45) is 11.6. The Hall–Kier alpha value is -0.0400. The molecule has 2 rings (SSSR count). The highest BCUT2D eigenvalue weighted by Gasteiger charge is 2.37. The van der Waals surface area contributed by atoms with Gasteiger partial charge in [-0.05, 0) is 39.0 Å². The number of nitrogens with zero attached hydrogens (tertiary/aromatic N) is 1. The average Bonchev–Trinajstić information content (AvgIpc) is 2.59. The van der Waals surface area contributed by atoms with Gasteiger partial charge in [-0.15, -0.1) is 0 Å². The van der Waals surface area contributed by atoms with Gasteiger partial charge >= 0.3 is 0 Å². The molecule has 2 fully saturated rings. The zero-order valence-corrected chi connectivity index (χ0v) is 9.84. The maximum atomic E-state index is 2.86. The fraction of sp³-hybridized carbons (Fsp3) is 1.00. The summed E-state index contributed by atoms with van der Waals surface area (Å²) in [7, 11) is 0. The molecule has 82 valence electrons. The van der Waals surface area contributed by atoms with Gasteiger partial charge in [-0.1, -0.05) is 26.2 Å². The lowest BCUT2D eigenvalue weighted by Crippen LogP contribution is -2.45. The molecule has 0 aromatic carbocycles. The van der Waals surface area contributed by atoms with E-state index in [1.165, 1.54) is 51.4 Å². The fourth-order valence-corrected chi connectivity index (χ4v) is 3.53. The molecule has 14 heavy (non-hydrogen) atoms. The molecule has 1 nitrogen and oxygen atoms in total. The minimum absolute atomic E-state index is 0.873. The Morgan fingerprint density at radius 3 is 2.79 bits per heavy atom. The Balaban J connectivity index is 1.92. The first-order valence-electron chi connectivity index (χ1n) is 6.60. The first kappa shape index (κ1) is 10.5. The van der Waals surface area contributed by atoms with Crippen LogP contribution in [0.3, 0.4) is 0 Å². The van der Waals surface area contributed by atoms with E-state index in [1.54, 1.807) is 0 Å². The molecule has 0 radical (unpaired) electrons. The number of piperidine rings is 1. The second-order valence-electron chi connectivity index (χ2n) is 5.25. The summed E-state index contributed by atoms with van der Waals surface area (Å²) in [5, 5.41) is 0. The molecule has 0 aliphatic carbocycles. The van der Waals surface area contributed by atoms with Gasteiger partial charge in [0.2, 0.25) is 0 Å². The third kappa shape index (κ3) is 1.98. The average molecular weight is 195 g/mol. The molecular formula is C13H25N. The van der Waals surface area contributed by atoms with Crippen LogP contribution in [0, 0.1) is 0 Å². The predicted molar refractivity (Wildman–Crippen MR) is 61.5 cm³/mol. The molecule has 3 atom stereocenters. The van der Waals surface area contributed by atoms with Crippen LogP contribution >= 0.6 is 0 Å². The molecule has 2 heterocycles. The zero-order chi connectivity index (χ0) is 9.97. The molecule has 2 aliphatic rings.